The maximum atomic E-state index is 12.5. The molecule has 2 nitrogen and oxygen atoms in total. The molecule has 0 amide bonds. The van der Waals surface area contributed by atoms with Crippen LogP contribution in [-0.2, 0) is 0 Å². The van der Waals surface area contributed by atoms with Crippen molar-refractivity contribution >= 4 is 35.1 Å². The van der Waals surface area contributed by atoms with Crippen molar-refractivity contribution in [3.8, 4) is 0 Å². The first kappa shape index (κ1) is 20.7. The lowest BCUT2D eigenvalue weighted by Crippen LogP contribution is -2.04. The molecule has 0 N–H and O–H groups in total. The Labute approximate surface area is 175 Å². The molecule has 4 heteroatoms. The molecule has 0 bridgehead atoms. The second kappa shape index (κ2) is 11.1. The predicted octanol–water partition coefficient (Wildman–Crippen LogP) is 6.56. The standard InChI is InChI=1S/C24H24O2S2/c25-22(19-10-4-1-5-11-19)16-27-18-24(21-14-8-3-9-15-21)28-17-23(26)20-12-6-2-7-13-20/h1-2,4-7,10-14,18H,3,8-9,15-17H2/b24-18-. The molecule has 0 saturated carbocycles. The quantitative estimate of drug-likeness (QED) is 0.440. The topological polar surface area (TPSA) is 34.1 Å². The number of carbonyl (C=O) groups excluding carboxylic acids is 2. The van der Waals surface area contributed by atoms with E-state index < -0.39 is 0 Å². The van der Waals surface area contributed by atoms with Gasteiger partial charge in [-0.15, -0.1) is 23.5 Å². The van der Waals surface area contributed by atoms with Gasteiger partial charge in [0.2, 0.25) is 0 Å². The molecular weight excluding hydrogens is 384 g/mol. The van der Waals surface area contributed by atoms with E-state index in [1.165, 1.54) is 30.2 Å². The monoisotopic (exact) mass is 408 g/mol. The summed E-state index contributed by atoms with van der Waals surface area (Å²) in [5.41, 5.74) is 2.81. The number of allylic oxidation sites excluding steroid dienone is 2. The van der Waals surface area contributed by atoms with Gasteiger partial charge in [-0.25, -0.2) is 0 Å². The number of hydrogen-bond donors (Lipinski definition) is 0. The SMILES string of the molecule is O=C(CS/C=C(\SCC(=O)c1ccccc1)C1=CCCCC1)c1ccccc1. The molecule has 144 valence electrons. The van der Waals surface area contributed by atoms with Crippen LogP contribution in [0.4, 0.5) is 0 Å². The van der Waals surface area contributed by atoms with Gasteiger partial charge in [-0.05, 0) is 36.7 Å². The number of carbonyl (C=O) groups is 2. The van der Waals surface area contributed by atoms with E-state index >= 15 is 0 Å². The highest BCUT2D eigenvalue weighted by Gasteiger charge is 2.13. The molecule has 0 aromatic heterocycles. The molecule has 2 aromatic rings. The van der Waals surface area contributed by atoms with E-state index in [9.17, 15) is 9.59 Å². The minimum Gasteiger partial charge on any atom is -0.293 e. The third-order valence-corrected chi connectivity index (χ3v) is 6.64. The van der Waals surface area contributed by atoms with Crippen LogP contribution in [0.2, 0.25) is 0 Å². The molecule has 0 heterocycles. The number of ketones is 2. The van der Waals surface area contributed by atoms with Gasteiger partial charge in [0.05, 0.1) is 11.5 Å². The normalized spacial score (nSPS) is 14.4. The van der Waals surface area contributed by atoms with E-state index in [-0.39, 0.29) is 11.6 Å². The molecule has 0 radical (unpaired) electrons. The van der Waals surface area contributed by atoms with Crippen LogP contribution in [0.25, 0.3) is 0 Å². The molecule has 0 atom stereocenters. The Balaban J connectivity index is 1.63. The zero-order chi connectivity index (χ0) is 19.6. The van der Waals surface area contributed by atoms with Crippen molar-refractivity contribution < 1.29 is 9.59 Å². The highest BCUT2D eigenvalue weighted by Crippen LogP contribution is 2.33. The van der Waals surface area contributed by atoms with Crippen LogP contribution in [0.15, 0.2) is 82.6 Å². The molecule has 0 fully saturated rings. The summed E-state index contributed by atoms with van der Waals surface area (Å²) < 4.78 is 0. The lowest BCUT2D eigenvalue weighted by Gasteiger charge is -2.16. The predicted molar refractivity (Wildman–Crippen MR) is 121 cm³/mol. The van der Waals surface area contributed by atoms with Gasteiger partial charge in [0, 0.05) is 16.0 Å². The van der Waals surface area contributed by atoms with Crippen molar-refractivity contribution in [2.24, 2.45) is 0 Å². The van der Waals surface area contributed by atoms with Gasteiger partial charge in [0.15, 0.2) is 11.6 Å². The van der Waals surface area contributed by atoms with Crippen molar-refractivity contribution in [3.63, 3.8) is 0 Å². The van der Waals surface area contributed by atoms with Gasteiger partial charge in [0.1, 0.15) is 0 Å². The summed E-state index contributed by atoms with van der Waals surface area (Å²) in [6.45, 7) is 0. The zero-order valence-corrected chi connectivity index (χ0v) is 17.4. The van der Waals surface area contributed by atoms with Crippen molar-refractivity contribution in [1.29, 1.82) is 0 Å². The molecule has 0 aliphatic heterocycles. The van der Waals surface area contributed by atoms with Crippen LogP contribution in [0.5, 0.6) is 0 Å². The zero-order valence-electron chi connectivity index (χ0n) is 15.8. The van der Waals surface area contributed by atoms with E-state index in [2.05, 4.69) is 11.5 Å². The summed E-state index contributed by atoms with van der Waals surface area (Å²) in [6.07, 6.45) is 6.84. The van der Waals surface area contributed by atoms with Crippen molar-refractivity contribution in [2.45, 2.75) is 25.7 Å². The number of thioether (sulfide) groups is 2. The maximum absolute atomic E-state index is 12.5. The summed E-state index contributed by atoms with van der Waals surface area (Å²) in [6, 6.07) is 18.8. The summed E-state index contributed by atoms with van der Waals surface area (Å²) in [7, 11) is 0. The third kappa shape index (κ3) is 6.25. The molecule has 1 aliphatic rings. The maximum Gasteiger partial charge on any atom is 0.173 e. The van der Waals surface area contributed by atoms with Crippen LogP contribution >= 0.6 is 23.5 Å². The Morgan fingerprint density at radius 2 is 1.43 bits per heavy atom. The summed E-state index contributed by atoms with van der Waals surface area (Å²) in [4.78, 5) is 25.9. The molecule has 0 spiro atoms. The van der Waals surface area contributed by atoms with E-state index in [0.29, 0.717) is 11.5 Å². The first-order valence-electron chi connectivity index (χ1n) is 9.54. The van der Waals surface area contributed by atoms with Crippen molar-refractivity contribution in [3.05, 3.63) is 93.8 Å². The Kier molecular flexibility index (Phi) is 8.19. The minimum absolute atomic E-state index is 0.129. The number of hydrogen-bond acceptors (Lipinski definition) is 4. The summed E-state index contributed by atoms with van der Waals surface area (Å²) >= 11 is 3.11. The van der Waals surface area contributed by atoms with Crippen molar-refractivity contribution in [1.82, 2.24) is 0 Å². The largest absolute Gasteiger partial charge is 0.293 e. The van der Waals surface area contributed by atoms with Crippen LogP contribution in [0.1, 0.15) is 46.4 Å². The highest BCUT2D eigenvalue weighted by molar-refractivity contribution is 8.07. The number of benzene rings is 2. The van der Waals surface area contributed by atoms with Gasteiger partial charge in [0.25, 0.3) is 0 Å². The van der Waals surface area contributed by atoms with E-state index in [1.807, 2.05) is 60.7 Å². The average molecular weight is 409 g/mol. The van der Waals surface area contributed by atoms with E-state index in [4.69, 9.17) is 0 Å². The van der Waals surface area contributed by atoms with E-state index in [0.717, 1.165) is 28.9 Å². The number of Topliss-reactive ketones (excluding diaryl/α,β-unsaturated/α-hetero) is 2. The highest BCUT2D eigenvalue weighted by atomic mass is 32.2. The Morgan fingerprint density at radius 3 is 2.00 bits per heavy atom. The Bertz CT molecular complexity index is 855. The smallest absolute Gasteiger partial charge is 0.173 e. The molecule has 3 rings (SSSR count). The molecule has 1 aliphatic carbocycles. The lowest BCUT2D eigenvalue weighted by atomic mass is 10.00. The molecule has 0 unspecified atom stereocenters. The van der Waals surface area contributed by atoms with Crippen LogP contribution in [0, 0.1) is 0 Å². The molecule has 28 heavy (non-hydrogen) atoms. The molecule has 2 aromatic carbocycles. The Morgan fingerprint density at radius 1 is 0.821 bits per heavy atom. The fourth-order valence-electron chi connectivity index (χ4n) is 3.02. The lowest BCUT2D eigenvalue weighted by molar-refractivity contribution is 0.101. The fraction of sp³-hybridized carbons (Fsp3) is 0.250. The number of rotatable bonds is 9. The van der Waals surface area contributed by atoms with Gasteiger partial charge in [-0.2, -0.15) is 0 Å². The molecule has 0 saturated heterocycles. The fourth-order valence-corrected chi connectivity index (χ4v) is 5.02. The first-order chi connectivity index (χ1) is 13.7. The molecular formula is C24H24O2S2. The van der Waals surface area contributed by atoms with Gasteiger partial charge < -0.3 is 0 Å². The van der Waals surface area contributed by atoms with Crippen molar-refractivity contribution in [2.75, 3.05) is 11.5 Å². The van der Waals surface area contributed by atoms with E-state index in [1.54, 1.807) is 11.8 Å². The van der Waals surface area contributed by atoms with Gasteiger partial charge in [-0.3, -0.25) is 9.59 Å². The van der Waals surface area contributed by atoms with Gasteiger partial charge in [-0.1, -0.05) is 66.7 Å². The van der Waals surface area contributed by atoms with Crippen LogP contribution in [0.3, 0.4) is 0 Å². The second-order valence-electron chi connectivity index (χ2n) is 6.64. The first-order valence-corrected chi connectivity index (χ1v) is 11.6. The van der Waals surface area contributed by atoms with Crippen LogP contribution in [-0.4, -0.2) is 23.1 Å². The van der Waals surface area contributed by atoms with Gasteiger partial charge >= 0.3 is 0 Å². The Hall–Kier alpha value is -2.04. The minimum atomic E-state index is 0.129. The third-order valence-electron chi connectivity index (χ3n) is 4.56. The second-order valence-corrected chi connectivity index (χ2v) is 8.51. The van der Waals surface area contributed by atoms with Crippen LogP contribution < -0.4 is 0 Å². The average Bonchev–Trinajstić information content (AvgIpc) is 2.77. The summed E-state index contributed by atoms with van der Waals surface area (Å²) in [5, 5.41) is 2.07. The summed E-state index contributed by atoms with van der Waals surface area (Å²) in [5.74, 6) is 1.09.